The van der Waals surface area contributed by atoms with Crippen molar-refractivity contribution in [3.8, 4) is 6.07 Å². The van der Waals surface area contributed by atoms with Crippen molar-refractivity contribution in [3.05, 3.63) is 46.9 Å². The molecule has 1 amide bonds. The molecular weight excluding hydrogens is 402 g/mol. The normalized spacial score (nSPS) is 22.8. The van der Waals surface area contributed by atoms with Gasteiger partial charge in [0.05, 0.1) is 21.8 Å². The molecule has 5 heterocycles. The molecule has 5 rings (SSSR count). The Morgan fingerprint density at radius 3 is 2.73 bits per heavy atom. The molecule has 2 bridgehead atoms. The highest BCUT2D eigenvalue weighted by Crippen LogP contribution is 2.42. The third kappa shape index (κ3) is 3.02. The van der Waals surface area contributed by atoms with Crippen LogP contribution < -0.4 is 16.0 Å². The number of rotatable bonds is 4. The quantitative estimate of drug-likeness (QED) is 0.594. The van der Waals surface area contributed by atoms with Gasteiger partial charge in [0, 0.05) is 42.1 Å². The van der Waals surface area contributed by atoms with Crippen LogP contribution in [0.1, 0.15) is 41.6 Å². The molecule has 0 saturated carbocycles. The largest absolute Gasteiger partial charge is 0.381 e. The molecule has 0 spiro atoms. The Balaban J connectivity index is 1.42. The molecule has 0 radical (unpaired) electrons. The molecule has 9 heteroatoms. The fourth-order valence-corrected chi connectivity index (χ4v) is 5.14. The first-order chi connectivity index (χ1) is 14.5. The van der Waals surface area contributed by atoms with Crippen molar-refractivity contribution in [3.63, 3.8) is 0 Å². The van der Waals surface area contributed by atoms with E-state index in [2.05, 4.69) is 31.2 Å². The van der Waals surface area contributed by atoms with Crippen LogP contribution in [-0.4, -0.2) is 39.0 Å². The Hall–Kier alpha value is -3.31. The Morgan fingerprint density at radius 1 is 1.30 bits per heavy atom. The van der Waals surface area contributed by atoms with E-state index in [0.29, 0.717) is 28.2 Å². The molecule has 3 atom stereocenters. The average molecular weight is 422 g/mol. The molecule has 8 nitrogen and oxygen atoms in total. The van der Waals surface area contributed by atoms with Crippen LogP contribution in [0, 0.1) is 11.3 Å². The first kappa shape index (κ1) is 18.7. The van der Waals surface area contributed by atoms with E-state index in [-0.39, 0.29) is 6.04 Å². The van der Waals surface area contributed by atoms with E-state index < -0.39 is 5.91 Å². The lowest BCUT2D eigenvalue weighted by Crippen LogP contribution is -2.47. The van der Waals surface area contributed by atoms with Crippen molar-refractivity contribution in [2.75, 3.05) is 10.2 Å². The highest BCUT2D eigenvalue weighted by molar-refractivity contribution is 6.33. The number of hydrogen-bond acceptors (Lipinski definition) is 6. The molecule has 2 fully saturated rings. The van der Waals surface area contributed by atoms with E-state index in [9.17, 15) is 4.79 Å². The molecule has 2 aliphatic rings. The number of H-pyrrole nitrogens is 1. The van der Waals surface area contributed by atoms with Crippen LogP contribution in [0.25, 0.3) is 11.0 Å². The minimum absolute atomic E-state index is 0.189. The maximum atomic E-state index is 12.0. The molecule has 3 aromatic rings. The summed E-state index contributed by atoms with van der Waals surface area (Å²) in [7, 11) is 0. The number of aromatic amines is 1. The third-order valence-electron chi connectivity index (χ3n) is 6.13. The number of aromatic nitrogens is 3. The summed E-state index contributed by atoms with van der Waals surface area (Å²) in [5.41, 5.74) is 7.91. The molecule has 2 saturated heterocycles. The summed E-state index contributed by atoms with van der Waals surface area (Å²) >= 11 is 6.44. The lowest BCUT2D eigenvalue weighted by molar-refractivity contribution is 0.100. The summed E-state index contributed by atoms with van der Waals surface area (Å²) in [4.78, 5) is 26.1. The van der Waals surface area contributed by atoms with Gasteiger partial charge in [-0.05, 0) is 37.8 Å². The van der Waals surface area contributed by atoms with E-state index >= 15 is 0 Å². The summed E-state index contributed by atoms with van der Waals surface area (Å²) < 4.78 is 0. The lowest BCUT2D eigenvalue weighted by atomic mass is 9.96. The number of piperidine rings is 1. The molecule has 2 aliphatic heterocycles. The first-order valence-electron chi connectivity index (χ1n) is 9.91. The van der Waals surface area contributed by atoms with Gasteiger partial charge in [-0.15, -0.1) is 0 Å². The number of primary amides is 1. The second kappa shape index (κ2) is 7.18. The second-order valence-electron chi connectivity index (χ2n) is 7.90. The zero-order valence-corrected chi connectivity index (χ0v) is 16.9. The van der Waals surface area contributed by atoms with Gasteiger partial charge in [-0.1, -0.05) is 11.6 Å². The predicted molar refractivity (Wildman–Crippen MR) is 115 cm³/mol. The molecular formula is C21H20ClN7O. The lowest BCUT2D eigenvalue weighted by Gasteiger charge is -2.40. The maximum absolute atomic E-state index is 12.0. The van der Waals surface area contributed by atoms with Crippen molar-refractivity contribution in [2.24, 2.45) is 5.73 Å². The average Bonchev–Trinajstić information content (AvgIpc) is 3.30. The van der Waals surface area contributed by atoms with Crippen molar-refractivity contribution in [2.45, 2.75) is 43.8 Å². The smallest absolute Gasteiger partial charge is 0.252 e. The van der Waals surface area contributed by atoms with Crippen molar-refractivity contribution in [1.29, 1.82) is 5.26 Å². The number of nitrogens with zero attached hydrogens (tertiary/aromatic N) is 4. The number of carbonyl (C=O) groups excluding carboxylic acids is 1. The van der Waals surface area contributed by atoms with Gasteiger partial charge in [0.2, 0.25) is 0 Å². The van der Waals surface area contributed by atoms with Gasteiger partial charge in [0.1, 0.15) is 17.5 Å². The van der Waals surface area contributed by atoms with Gasteiger partial charge in [0.25, 0.3) is 5.91 Å². The Morgan fingerprint density at radius 2 is 2.07 bits per heavy atom. The van der Waals surface area contributed by atoms with E-state index in [4.69, 9.17) is 22.6 Å². The number of fused-ring (bicyclic) bond motifs is 3. The van der Waals surface area contributed by atoms with Crippen LogP contribution in [0.5, 0.6) is 0 Å². The first-order valence-corrected chi connectivity index (χ1v) is 10.3. The molecule has 4 N–H and O–H groups in total. The van der Waals surface area contributed by atoms with Gasteiger partial charge >= 0.3 is 0 Å². The predicted octanol–water partition coefficient (Wildman–Crippen LogP) is 3.19. The maximum Gasteiger partial charge on any atom is 0.252 e. The number of amides is 1. The van der Waals surface area contributed by atoms with Crippen molar-refractivity contribution < 1.29 is 4.79 Å². The van der Waals surface area contributed by atoms with Crippen molar-refractivity contribution in [1.82, 2.24) is 15.0 Å². The van der Waals surface area contributed by atoms with E-state index in [1.807, 2.05) is 6.07 Å². The van der Waals surface area contributed by atoms with Crippen LogP contribution in [0.3, 0.4) is 0 Å². The number of hydrogen-bond donors (Lipinski definition) is 3. The number of halogens is 1. The Bertz CT molecular complexity index is 1170. The van der Waals surface area contributed by atoms with E-state index in [0.717, 1.165) is 48.2 Å². The summed E-state index contributed by atoms with van der Waals surface area (Å²) in [6.45, 7) is 0. The van der Waals surface area contributed by atoms with Gasteiger partial charge < -0.3 is 20.9 Å². The Labute approximate surface area is 178 Å². The monoisotopic (exact) mass is 421 g/mol. The van der Waals surface area contributed by atoms with E-state index in [1.54, 1.807) is 18.5 Å². The number of carbonyl (C=O) groups is 1. The standard InChI is InChI=1S/C21H20ClN7O/c22-17-5-11(8-23)9-27-21(17)29-13-1-2-14(29)7-12(6-13)28-18-15-3-4-25-20(15)26-10-16(18)19(24)30/h3-5,9-10,12-14H,1-2,6-7H2,(H2,24,30)(H2,25,26,28)/t12?,13-,14+. The minimum atomic E-state index is -0.498. The van der Waals surface area contributed by atoms with E-state index in [1.165, 1.54) is 6.20 Å². The Kier molecular flexibility index (Phi) is 4.48. The van der Waals surface area contributed by atoms with Crippen LogP contribution in [-0.2, 0) is 0 Å². The molecule has 30 heavy (non-hydrogen) atoms. The molecule has 3 aromatic heterocycles. The van der Waals surface area contributed by atoms with Crippen LogP contribution in [0.4, 0.5) is 11.5 Å². The topological polar surface area (TPSA) is 124 Å². The summed E-state index contributed by atoms with van der Waals surface area (Å²) in [5.74, 6) is 0.249. The van der Waals surface area contributed by atoms with Crippen LogP contribution in [0.2, 0.25) is 5.02 Å². The number of nitriles is 1. The second-order valence-corrected chi connectivity index (χ2v) is 8.30. The number of anilines is 2. The highest BCUT2D eigenvalue weighted by atomic mass is 35.5. The number of nitrogens with two attached hydrogens (primary N) is 1. The molecule has 152 valence electrons. The SMILES string of the molecule is N#Cc1cnc(N2[C@@H]3CC[C@H]2CC(Nc2c(C(N)=O)cnc4[nH]ccc24)C3)c(Cl)c1. The zero-order chi connectivity index (χ0) is 20.8. The minimum Gasteiger partial charge on any atom is -0.381 e. The number of nitrogens with one attached hydrogen (secondary N) is 2. The third-order valence-corrected chi connectivity index (χ3v) is 6.41. The van der Waals surface area contributed by atoms with Crippen LogP contribution in [0.15, 0.2) is 30.7 Å². The molecule has 0 aromatic carbocycles. The van der Waals surface area contributed by atoms with Gasteiger partial charge in [-0.2, -0.15) is 5.26 Å². The van der Waals surface area contributed by atoms with Gasteiger partial charge in [0.15, 0.2) is 0 Å². The molecule has 0 aliphatic carbocycles. The fraction of sp³-hybridized carbons (Fsp3) is 0.333. The number of pyridine rings is 2. The summed E-state index contributed by atoms with van der Waals surface area (Å²) in [6, 6.07) is 6.43. The van der Waals surface area contributed by atoms with Crippen LogP contribution >= 0.6 is 11.6 Å². The van der Waals surface area contributed by atoms with Gasteiger partial charge in [-0.3, -0.25) is 4.79 Å². The fourth-order valence-electron chi connectivity index (χ4n) is 4.88. The van der Waals surface area contributed by atoms with Crippen molar-refractivity contribution >= 4 is 40.0 Å². The van der Waals surface area contributed by atoms with Gasteiger partial charge in [-0.25, -0.2) is 9.97 Å². The molecule has 1 unspecified atom stereocenters. The summed E-state index contributed by atoms with van der Waals surface area (Å²) in [5, 5.41) is 14.0. The summed E-state index contributed by atoms with van der Waals surface area (Å²) in [6.07, 6.45) is 8.79. The highest BCUT2D eigenvalue weighted by Gasteiger charge is 2.42. The zero-order valence-electron chi connectivity index (χ0n) is 16.1.